The fraction of sp³-hybridized carbons (Fsp3) is 0.962. The summed E-state index contributed by atoms with van der Waals surface area (Å²) in [4.78, 5) is 9.00. The van der Waals surface area contributed by atoms with Crippen LogP contribution >= 0.6 is 0 Å². The Bertz CT molecular complexity index is 349. The summed E-state index contributed by atoms with van der Waals surface area (Å²) < 4.78 is 0. The van der Waals surface area contributed by atoms with Crippen molar-refractivity contribution in [2.45, 2.75) is 160 Å². The van der Waals surface area contributed by atoms with Gasteiger partial charge in [-0.3, -0.25) is 4.79 Å². The fourth-order valence-corrected chi connectivity index (χ4v) is 5.74. The number of carboxylic acids is 1. The SMILES string of the molecule is C1CCC(NC2CCCCC2)CC1.C1CCC(NC2CCCCC2)CC1.CC(=O)O. The number of nitrogens with one attached hydrogen (secondary N) is 2. The van der Waals surface area contributed by atoms with Gasteiger partial charge in [0.05, 0.1) is 0 Å². The molecule has 0 aromatic carbocycles. The van der Waals surface area contributed by atoms with Crippen LogP contribution in [0.25, 0.3) is 0 Å². The highest BCUT2D eigenvalue weighted by Crippen LogP contribution is 2.23. The zero-order valence-electron chi connectivity index (χ0n) is 19.8. The Labute approximate surface area is 186 Å². The quantitative estimate of drug-likeness (QED) is 0.479. The van der Waals surface area contributed by atoms with Crippen LogP contribution in [0.2, 0.25) is 0 Å². The molecule has 0 bridgehead atoms. The van der Waals surface area contributed by atoms with Crippen LogP contribution in [0, 0.1) is 0 Å². The predicted octanol–water partition coefficient (Wildman–Crippen LogP) is 6.57. The largest absolute Gasteiger partial charge is 0.481 e. The smallest absolute Gasteiger partial charge is 0.300 e. The summed E-state index contributed by atoms with van der Waals surface area (Å²) in [6.07, 6.45) is 29.1. The molecule has 0 aliphatic heterocycles. The van der Waals surface area contributed by atoms with Gasteiger partial charge in [-0.15, -0.1) is 0 Å². The van der Waals surface area contributed by atoms with E-state index in [0.717, 1.165) is 31.1 Å². The van der Waals surface area contributed by atoms with Gasteiger partial charge >= 0.3 is 0 Å². The maximum Gasteiger partial charge on any atom is 0.300 e. The number of rotatable bonds is 4. The van der Waals surface area contributed by atoms with Crippen LogP contribution in [-0.2, 0) is 4.79 Å². The van der Waals surface area contributed by atoms with Gasteiger partial charge in [-0.2, -0.15) is 0 Å². The molecule has 4 saturated carbocycles. The molecule has 0 heterocycles. The van der Waals surface area contributed by atoms with E-state index in [2.05, 4.69) is 10.6 Å². The molecule has 4 aliphatic rings. The van der Waals surface area contributed by atoms with Gasteiger partial charge in [-0.05, 0) is 51.4 Å². The van der Waals surface area contributed by atoms with E-state index in [1.54, 1.807) is 0 Å². The van der Waals surface area contributed by atoms with Crippen molar-refractivity contribution in [2.75, 3.05) is 0 Å². The standard InChI is InChI=1S/2C12H23N.C2H4O2/c2*1-3-7-11(8-4-1)13-12-9-5-2-6-10-12;1-2(3)4/h2*11-13H,1-10H2;1H3,(H,3,4). The minimum absolute atomic E-state index is 0.833. The average molecular weight is 423 g/mol. The molecular formula is C26H50N2O2. The van der Waals surface area contributed by atoms with Gasteiger partial charge < -0.3 is 15.7 Å². The monoisotopic (exact) mass is 422 g/mol. The molecule has 30 heavy (non-hydrogen) atoms. The molecular weight excluding hydrogens is 372 g/mol. The van der Waals surface area contributed by atoms with E-state index in [-0.39, 0.29) is 0 Å². The first kappa shape index (κ1) is 25.6. The lowest BCUT2D eigenvalue weighted by Gasteiger charge is -2.30. The molecule has 4 fully saturated rings. The minimum atomic E-state index is -0.833. The Kier molecular flexibility index (Phi) is 13.8. The van der Waals surface area contributed by atoms with Gasteiger partial charge in [0.25, 0.3) is 5.97 Å². The molecule has 0 spiro atoms. The Morgan fingerprint density at radius 2 is 0.667 bits per heavy atom. The van der Waals surface area contributed by atoms with Crippen LogP contribution in [0.4, 0.5) is 0 Å². The lowest BCUT2D eigenvalue weighted by atomic mass is 9.91. The lowest BCUT2D eigenvalue weighted by molar-refractivity contribution is -0.134. The van der Waals surface area contributed by atoms with E-state index in [9.17, 15) is 0 Å². The summed E-state index contributed by atoms with van der Waals surface area (Å²) in [5, 5.41) is 15.1. The number of aliphatic carboxylic acids is 1. The normalized spacial score (nSPS) is 24.8. The Morgan fingerprint density at radius 1 is 0.500 bits per heavy atom. The average Bonchev–Trinajstić information content (AvgIpc) is 2.77. The van der Waals surface area contributed by atoms with Crippen LogP contribution in [0.3, 0.4) is 0 Å². The van der Waals surface area contributed by atoms with Crippen LogP contribution in [0.15, 0.2) is 0 Å². The lowest BCUT2D eigenvalue weighted by Crippen LogP contribution is -2.40. The van der Waals surface area contributed by atoms with Crippen LogP contribution in [0.5, 0.6) is 0 Å². The maximum absolute atomic E-state index is 9.00. The molecule has 0 amide bonds. The van der Waals surface area contributed by atoms with Crippen molar-refractivity contribution in [3.8, 4) is 0 Å². The highest BCUT2D eigenvalue weighted by Gasteiger charge is 2.20. The third-order valence-electron chi connectivity index (χ3n) is 7.36. The molecule has 3 N–H and O–H groups in total. The first-order chi connectivity index (χ1) is 14.6. The van der Waals surface area contributed by atoms with Crippen LogP contribution in [-0.4, -0.2) is 35.2 Å². The van der Waals surface area contributed by atoms with Gasteiger partial charge in [-0.1, -0.05) is 77.0 Å². The van der Waals surface area contributed by atoms with E-state index in [0.29, 0.717) is 0 Å². The summed E-state index contributed by atoms with van der Waals surface area (Å²) in [5.41, 5.74) is 0. The van der Waals surface area contributed by atoms with Crippen molar-refractivity contribution in [1.82, 2.24) is 10.6 Å². The Hall–Kier alpha value is -0.610. The van der Waals surface area contributed by atoms with Crippen molar-refractivity contribution < 1.29 is 9.90 Å². The van der Waals surface area contributed by atoms with Crippen molar-refractivity contribution in [3.63, 3.8) is 0 Å². The highest BCUT2D eigenvalue weighted by atomic mass is 16.4. The molecule has 0 atom stereocenters. The maximum atomic E-state index is 9.00. The topological polar surface area (TPSA) is 61.4 Å². The van der Waals surface area contributed by atoms with Crippen molar-refractivity contribution in [2.24, 2.45) is 0 Å². The van der Waals surface area contributed by atoms with E-state index in [1.165, 1.54) is 128 Å². The predicted molar refractivity (Wildman–Crippen MR) is 127 cm³/mol. The molecule has 4 rings (SSSR count). The number of carbonyl (C=O) groups is 1. The third kappa shape index (κ3) is 12.3. The van der Waals surface area contributed by atoms with Gasteiger partial charge in [0.1, 0.15) is 0 Å². The molecule has 0 aromatic rings. The molecule has 0 unspecified atom stereocenters. The number of hydrogen-bond donors (Lipinski definition) is 3. The Balaban J connectivity index is 0.000000182. The molecule has 0 radical (unpaired) electrons. The molecule has 4 nitrogen and oxygen atoms in total. The van der Waals surface area contributed by atoms with Crippen molar-refractivity contribution in [1.29, 1.82) is 0 Å². The van der Waals surface area contributed by atoms with Crippen LogP contribution < -0.4 is 10.6 Å². The van der Waals surface area contributed by atoms with Gasteiger partial charge in [0.15, 0.2) is 0 Å². The second-order valence-electron chi connectivity index (χ2n) is 10.2. The summed E-state index contributed by atoms with van der Waals surface area (Å²) in [5.74, 6) is -0.833. The highest BCUT2D eigenvalue weighted by molar-refractivity contribution is 5.62. The van der Waals surface area contributed by atoms with Gasteiger partial charge in [0, 0.05) is 31.1 Å². The van der Waals surface area contributed by atoms with E-state index >= 15 is 0 Å². The van der Waals surface area contributed by atoms with Gasteiger partial charge in [0.2, 0.25) is 0 Å². The second kappa shape index (κ2) is 16.1. The number of carboxylic acid groups (broad SMARTS) is 1. The summed E-state index contributed by atoms with van der Waals surface area (Å²) >= 11 is 0. The molecule has 176 valence electrons. The van der Waals surface area contributed by atoms with E-state index in [1.807, 2.05) is 0 Å². The molecule has 4 aliphatic carbocycles. The zero-order valence-corrected chi connectivity index (χ0v) is 19.8. The minimum Gasteiger partial charge on any atom is -0.481 e. The zero-order chi connectivity index (χ0) is 21.4. The molecule has 0 aromatic heterocycles. The number of hydrogen-bond acceptors (Lipinski definition) is 3. The summed E-state index contributed by atoms with van der Waals surface area (Å²) in [6.45, 7) is 1.08. The van der Waals surface area contributed by atoms with Crippen LogP contribution in [0.1, 0.15) is 135 Å². The first-order valence-corrected chi connectivity index (χ1v) is 13.3. The summed E-state index contributed by atoms with van der Waals surface area (Å²) in [7, 11) is 0. The second-order valence-corrected chi connectivity index (χ2v) is 10.2. The van der Waals surface area contributed by atoms with Crippen molar-refractivity contribution >= 4 is 5.97 Å². The molecule has 0 saturated heterocycles. The molecule has 4 heteroatoms. The first-order valence-electron chi connectivity index (χ1n) is 13.3. The van der Waals surface area contributed by atoms with Gasteiger partial charge in [-0.25, -0.2) is 0 Å². The van der Waals surface area contributed by atoms with E-state index < -0.39 is 5.97 Å². The fourth-order valence-electron chi connectivity index (χ4n) is 5.74. The Morgan fingerprint density at radius 3 is 0.833 bits per heavy atom. The van der Waals surface area contributed by atoms with Crippen molar-refractivity contribution in [3.05, 3.63) is 0 Å². The summed E-state index contributed by atoms with van der Waals surface area (Å²) in [6, 6.07) is 3.49. The van der Waals surface area contributed by atoms with E-state index in [4.69, 9.17) is 9.90 Å². The third-order valence-corrected chi connectivity index (χ3v) is 7.36.